The van der Waals surface area contributed by atoms with Crippen molar-refractivity contribution in [3.63, 3.8) is 0 Å². The van der Waals surface area contributed by atoms with E-state index in [0.717, 1.165) is 69.8 Å². The van der Waals surface area contributed by atoms with Crippen LogP contribution in [-0.2, 0) is 11.3 Å². The molecule has 1 aromatic carbocycles. The second-order valence-corrected chi connectivity index (χ2v) is 9.34. The predicted octanol–water partition coefficient (Wildman–Crippen LogP) is 5.89. The van der Waals surface area contributed by atoms with Crippen LogP contribution >= 0.6 is 0 Å². The highest BCUT2D eigenvalue weighted by Crippen LogP contribution is 2.28. The molecule has 0 fully saturated rings. The van der Waals surface area contributed by atoms with Crippen molar-refractivity contribution in [1.29, 1.82) is 0 Å². The van der Waals surface area contributed by atoms with E-state index in [4.69, 9.17) is 20.4 Å². The summed E-state index contributed by atoms with van der Waals surface area (Å²) < 4.78 is 5.35. The van der Waals surface area contributed by atoms with Crippen LogP contribution in [0.5, 0.6) is 0 Å². The Kier molecular flexibility index (Phi) is 9.28. The second-order valence-electron chi connectivity index (χ2n) is 9.34. The van der Waals surface area contributed by atoms with Gasteiger partial charge in [0.15, 0.2) is 0 Å². The van der Waals surface area contributed by atoms with Crippen molar-refractivity contribution < 1.29 is 4.74 Å². The third kappa shape index (κ3) is 6.48. The summed E-state index contributed by atoms with van der Waals surface area (Å²) in [5.41, 5.74) is 19.3. The summed E-state index contributed by atoms with van der Waals surface area (Å²) >= 11 is 0. The molecule has 6 nitrogen and oxygen atoms in total. The van der Waals surface area contributed by atoms with Crippen LogP contribution in [0.4, 0.5) is 0 Å². The smallest absolute Gasteiger partial charge is 0.0900 e. The molecule has 0 unspecified atom stereocenters. The van der Waals surface area contributed by atoms with Crippen LogP contribution in [0.2, 0.25) is 0 Å². The summed E-state index contributed by atoms with van der Waals surface area (Å²) in [4.78, 5) is 12.1. The van der Waals surface area contributed by atoms with Crippen LogP contribution in [0.3, 0.4) is 0 Å². The molecule has 196 valence electrons. The summed E-state index contributed by atoms with van der Waals surface area (Å²) in [6.07, 6.45) is 11.1. The number of pyridine rings is 2. The molecule has 2 aromatic heterocycles. The SMILES string of the molecule is CC=C=CN/C(=C(\C)c1ccc2ncc(C3=CN(CCN)CC(CC)=C3)cc2n1)c1cccc(COC)c1. The Hall–Kier alpha value is -3.96. The standard InChI is InChI=1S/C32H37N5O/c1-5-7-14-34-32(26-10-8-9-25(17-26)22-38-4)23(3)29-11-12-30-31(36-29)18-27(19-35-30)28-16-24(6-2)20-37(21-28)15-13-33/h5,8-12,14,16-19,21,34H,6,13,15,20,22,33H2,1-4H3/b32-23+. The van der Waals surface area contributed by atoms with Gasteiger partial charge in [0.05, 0.1) is 29.0 Å². The van der Waals surface area contributed by atoms with Gasteiger partial charge in [0, 0.05) is 50.9 Å². The molecular weight excluding hydrogens is 470 g/mol. The lowest BCUT2D eigenvalue weighted by Crippen LogP contribution is -2.28. The van der Waals surface area contributed by atoms with E-state index in [0.29, 0.717) is 13.2 Å². The highest BCUT2D eigenvalue weighted by molar-refractivity contribution is 5.90. The zero-order valence-corrected chi connectivity index (χ0v) is 22.8. The number of nitrogens with zero attached hydrogens (tertiary/aromatic N) is 3. The number of nitrogens with one attached hydrogen (secondary N) is 1. The van der Waals surface area contributed by atoms with E-state index in [2.05, 4.69) is 66.3 Å². The molecule has 3 heterocycles. The highest BCUT2D eigenvalue weighted by atomic mass is 16.5. The first kappa shape index (κ1) is 27.1. The van der Waals surface area contributed by atoms with Crippen LogP contribution < -0.4 is 11.1 Å². The lowest BCUT2D eigenvalue weighted by atomic mass is 9.99. The highest BCUT2D eigenvalue weighted by Gasteiger charge is 2.14. The average molecular weight is 508 g/mol. The molecule has 0 radical (unpaired) electrons. The number of allylic oxidation sites excluding steroid dienone is 4. The largest absolute Gasteiger partial charge is 0.380 e. The first-order valence-electron chi connectivity index (χ1n) is 13.1. The Balaban J connectivity index is 1.78. The summed E-state index contributed by atoms with van der Waals surface area (Å²) in [5, 5.41) is 3.43. The van der Waals surface area contributed by atoms with Gasteiger partial charge < -0.3 is 20.7 Å². The van der Waals surface area contributed by atoms with Crippen LogP contribution in [0.15, 0.2) is 84.5 Å². The number of benzene rings is 1. The summed E-state index contributed by atoms with van der Waals surface area (Å²) in [6.45, 7) is 9.16. The van der Waals surface area contributed by atoms with Gasteiger partial charge in [-0.2, -0.15) is 0 Å². The number of fused-ring (bicyclic) bond motifs is 1. The van der Waals surface area contributed by atoms with Gasteiger partial charge in [0.1, 0.15) is 0 Å². The van der Waals surface area contributed by atoms with E-state index < -0.39 is 0 Å². The Bertz CT molecular complexity index is 1440. The maximum atomic E-state index is 5.84. The molecule has 38 heavy (non-hydrogen) atoms. The Morgan fingerprint density at radius 2 is 2.08 bits per heavy atom. The fourth-order valence-electron chi connectivity index (χ4n) is 4.58. The Labute approximate surface area is 225 Å². The lowest BCUT2D eigenvalue weighted by Gasteiger charge is -2.26. The molecule has 0 atom stereocenters. The minimum Gasteiger partial charge on any atom is -0.380 e. The van der Waals surface area contributed by atoms with Gasteiger partial charge in [-0.05, 0) is 72.9 Å². The van der Waals surface area contributed by atoms with Gasteiger partial charge in [-0.1, -0.05) is 36.8 Å². The van der Waals surface area contributed by atoms with Gasteiger partial charge in [-0.15, -0.1) is 5.73 Å². The fraction of sp³-hybridized carbons (Fsp3) is 0.281. The van der Waals surface area contributed by atoms with E-state index in [-0.39, 0.29) is 0 Å². The third-order valence-electron chi connectivity index (χ3n) is 6.58. The summed E-state index contributed by atoms with van der Waals surface area (Å²) in [6, 6.07) is 14.5. The molecule has 0 bridgehead atoms. The predicted molar refractivity (Wildman–Crippen MR) is 158 cm³/mol. The van der Waals surface area contributed by atoms with Crippen molar-refractivity contribution in [1.82, 2.24) is 20.2 Å². The van der Waals surface area contributed by atoms with Crippen LogP contribution in [-0.4, -0.2) is 41.6 Å². The van der Waals surface area contributed by atoms with E-state index in [1.54, 1.807) is 7.11 Å². The van der Waals surface area contributed by atoms with Gasteiger partial charge in [-0.3, -0.25) is 4.98 Å². The lowest BCUT2D eigenvalue weighted by molar-refractivity contribution is 0.185. The van der Waals surface area contributed by atoms with Gasteiger partial charge in [-0.25, -0.2) is 4.98 Å². The fourth-order valence-corrected chi connectivity index (χ4v) is 4.58. The van der Waals surface area contributed by atoms with Gasteiger partial charge in [0.2, 0.25) is 0 Å². The summed E-state index contributed by atoms with van der Waals surface area (Å²) in [5.74, 6) is 0. The maximum absolute atomic E-state index is 5.84. The molecule has 1 aliphatic rings. The van der Waals surface area contributed by atoms with Crippen molar-refractivity contribution in [2.45, 2.75) is 33.8 Å². The average Bonchev–Trinajstić information content (AvgIpc) is 2.95. The van der Waals surface area contributed by atoms with E-state index >= 15 is 0 Å². The zero-order valence-electron chi connectivity index (χ0n) is 22.8. The first-order valence-corrected chi connectivity index (χ1v) is 13.1. The Morgan fingerprint density at radius 3 is 2.84 bits per heavy atom. The summed E-state index contributed by atoms with van der Waals surface area (Å²) in [7, 11) is 1.71. The van der Waals surface area contributed by atoms with Crippen LogP contribution in [0, 0.1) is 0 Å². The van der Waals surface area contributed by atoms with Crippen molar-refractivity contribution >= 4 is 27.9 Å². The number of rotatable bonds is 10. The van der Waals surface area contributed by atoms with Crippen molar-refractivity contribution in [2.24, 2.45) is 5.73 Å². The molecule has 0 amide bonds. The second kappa shape index (κ2) is 13.0. The molecule has 3 N–H and O–H groups in total. The topological polar surface area (TPSA) is 76.3 Å². The third-order valence-corrected chi connectivity index (χ3v) is 6.58. The van der Waals surface area contributed by atoms with Gasteiger partial charge >= 0.3 is 0 Å². The molecule has 3 aromatic rings. The maximum Gasteiger partial charge on any atom is 0.0900 e. The molecule has 0 saturated carbocycles. The van der Waals surface area contributed by atoms with E-state index in [9.17, 15) is 0 Å². The molecule has 4 rings (SSSR count). The minimum atomic E-state index is 0.556. The zero-order chi connectivity index (χ0) is 26.9. The molecule has 0 aliphatic carbocycles. The van der Waals surface area contributed by atoms with Crippen molar-refractivity contribution in [2.75, 3.05) is 26.7 Å². The molecule has 0 spiro atoms. The van der Waals surface area contributed by atoms with Crippen LogP contribution in [0.1, 0.15) is 49.6 Å². The quantitative estimate of drug-likeness (QED) is 0.333. The van der Waals surface area contributed by atoms with Crippen molar-refractivity contribution in [3.8, 4) is 0 Å². The number of nitrogens with two attached hydrogens (primary N) is 1. The van der Waals surface area contributed by atoms with Gasteiger partial charge in [0.25, 0.3) is 0 Å². The number of ether oxygens (including phenoxy) is 1. The molecule has 0 saturated heterocycles. The van der Waals surface area contributed by atoms with E-state index in [1.807, 2.05) is 43.6 Å². The molecular formula is C32H37N5O. The monoisotopic (exact) mass is 507 g/mol. The Morgan fingerprint density at radius 1 is 1.21 bits per heavy atom. The number of hydrogen-bond acceptors (Lipinski definition) is 6. The minimum absolute atomic E-state index is 0.556. The molecule has 6 heteroatoms. The normalized spacial score (nSPS) is 13.9. The van der Waals surface area contributed by atoms with Crippen molar-refractivity contribution in [3.05, 3.63) is 107 Å². The number of aromatic nitrogens is 2. The first-order chi connectivity index (χ1) is 18.6. The van der Waals surface area contributed by atoms with Crippen LogP contribution in [0.25, 0.3) is 27.9 Å². The molecule has 1 aliphatic heterocycles. The van der Waals surface area contributed by atoms with E-state index in [1.165, 1.54) is 5.57 Å². The number of methoxy groups -OCH3 is 1. The number of hydrogen-bond donors (Lipinski definition) is 2.